The number of hydrogen-bond acceptors (Lipinski definition) is 2. The van der Waals surface area contributed by atoms with E-state index in [9.17, 15) is 4.79 Å². The van der Waals surface area contributed by atoms with Gasteiger partial charge in [-0.05, 0) is 40.2 Å². The summed E-state index contributed by atoms with van der Waals surface area (Å²) in [6.07, 6.45) is 0. The summed E-state index contributed by atoms with van der Waals surface area (Å²) < 4.78 is 5.52. The van der Waals surface area contributed by atoms with E-state index in [1.165, 1.54) is 5.56 Å². The maximum Gasteiger partial charge on any atom is 0.343 e. The Morgan fingerprint density at radius 1 is 0.826 bits per heavy atom. The first-order valence-corrected chi connectivity index (χ1v) is 8.01. The van der Waals surface area contributed by atoms with Gasteiger partial charge in [-0.2, -0.15) is 0 Å². The molecule has 2 nitrogen and oxygen atoms in total. The molecular formula is C21H26O2. The van der Waals surface area contributed by atoms with Crippen LogP contribution in [0.25, 0.3) is 0 Å². The van der Waals surface area contributed by atoms with Crippen molar-refractivity contribution in [1.82, 2.24) is 0 Å². The molecule has 0 saturated carbocycles. The van der Waals surface area contributed by atoms with Gasteiger partial charge in [0.15, 0.2) is 0 Å². The molecule has 23 heavy (non-hydrogen) atoms. The van der Waals surface area contributed by atoms with E-state index in [-0.39, 0.29) is 16.8 Å². The lowest BCUT2D eigenvalue weighted by Crippen LogP contribution is -2.22. The number of para-hydroxylation sites is 1. The predicted molar refractivity (Wildman–Crippen MR) is 95.2 cm³/mol. The third kappa shape index (κ3) is 4.22. The van der Waals surface area contributed by atoms with E-state index >= 15 is 0 Å². The Kier molecular flexibility index (Phi) is 4.65. The van der Waals surface area contributed by atoms with Crippen LogP contribution in [0.15, 0.2) is 48.5 Å². The van der Waals surface area contributed by atoms with Gasteiger partial charge in [-0.15, -0.1) is 0 Å². The largest absolute Gasteiger partial charge is 0.423 e. The molecule has 0 atom stereocenters. The minimum atomic E-state index is -0.304. The Labute approximate surface area is 139 Å². The SMILES string of the molecule is CC(C)(C)c1ccc(C(=O)Oc2ccccc2)c(C(C)(C)C)c1. The summed E-state index contributed by atoms with van der Waals surface area (Å²) in [5.41, 5.74) is 2.78. The molecule has 0 heterocycles. The van der Waals surface area contributed by atoms with Gasteiger partial charge in [0, 0.05) is 0 Å². The first-order chi connectivity index (χ1) is 10.6. The summed E-state index contributed by atoms with van der Waals surface area (Å²) >= 11 is 0. The molecule has 0 aliphatic rings. The van der Waals surface area contributed by atoms with E-state index in [1.807, 2.05) is 30.3 Å². The van der Waals surface area contributed by atoms with Crippen molar-refractivity contribution in [2.24, 2.45) is 0 Å². The summed E-state index contributed by atoms with van der Waals surface area (Å²) in [4.78, 5) is 12.6. The second kappa shape index (κ2) is 6.19. The number of benzene rings is 2. The van der Waals surface area contributed by atoms with Crippen LogP contribution in [-0.4, -0.2) is 5.97 Å². The van der Waals surface area contributed by atoms with Gasteiger partial charge in [-0.1, -0.05) is 71.9 Å². The lowest BCUT2D eigenvalue weighted by molar-refractivity contribution is 0.0732. The predicted octanol–water partition coefficient (Wildman–Crippen LogP) is 5.50. The molecule has 2 rings (SSSR count). The molecular weight excluding hydrogens is 284 g/mol. The fourth-order valence-corrected chi connectivity index (χ4v) is 2.46. The molecule has 0 saturated heterocycles. The van der Waals surface area contributed by atoms with Crippen LogP contribution >= 0.6 is 0 Å². The van der Waals surface area contributed by atoms with Crippen LogP contribution < -0.4 is 4.74 Å². The maximum absolute atomic E-state index is 12.6. The first kappa shape index (κ1) is 17.3. The van der Waals surface area contributed by atoms with Crippen LogP contribution in [0.3, 0.4) is 0 Å². The summed E-state index contributed by atoms with van der Waals surface area (Å²) in [7, 11) is 0. The van der Waals surface area contributed by atoms with E-state index in [0.29, 0.717) is 11.3 Å². The highest BCUT2D eigenvalue weighted by molar-refractivity contribution is 5.93. The molecule has 122 valence electrons. The van der Waals surface area contributed by atoms with E-state index < -0.39 is 0 Å². The highest BCUT2D eigenvalue weighted by Crippen LogP contribution is 2.32. The number of esters is 1. The number of hydrogen-bond donors (Lipinski definition) is 0. The zero-order chi connectivity index (χ0) is 17.3. The smallest absolute Gasteiger partial charge is 0.343 e. The molecule has 0 aliphatic carbocycles. The molecule has 0 amide bonds. The van der Waals surface area contributed by atoms with Gasteiger partial charge in [0.25, 0.3) is 0 Å². The maximum atomic E-state index is 12.6. The summed E-state index contributed by atoms with van der Waals surface area (Å²) in [5, 5.41) is 0. The number of carbonyl (C=O) groups excluding carboxylic acids is 1. The van der Waals surface area contributed by atoms with E-state index in [2.05, 4.69) is 47.6 Å². The minimum Gasteiger partial charge on any atom is -0.423 e. The van der Waals surface area contributed by atoms with Gasteiger partial charge >= 0.3 is 5.97 Å². The molecule has 2 aromatic rings. The molecule has 0 fully saturated rings. The number of ether oxygens (including phenoxy) is 1. The Bertz CT molecular complexity index is 686. The van der Waals surface area contributed by atoms with Crippen molar-refractivity contribution < 1.29 is 9.53 Å². The van der Waals surface area contributed by atoms with Crippen molar-refractivity contribution in [3.8, 4) is 5.75 Å². The zero-order valence-electron chi connectivity index (χ0n) is 14.9. The molecule has 2 aromatic carbocycles. The van der Waals surface area contributed by atoms with Gasteiger partial charge in [0.1, 0.15) is 5.75 Å². The Morgan fingerprint density at radius 3 is 1.96 bits per heavy atom. The monoisotopic (exact) mass is 310 g/mol. The normalized spacial score (nSPS) is 12.1. The fourth-order valence-electron chi connectivity index (χ4n) is 2.46. The first-order valence-electron chi connectivity index (χ1n) is 8.01. The van der Waals surface area contributed by atoms with Crippen molar-refractivity contribution in [3.63, 3.8) is 0 Å². The van der Waals surface area contributed by atoms with E-state index in [0.717, 1.165) is 5.56 Å². The zero-order valence-corrected chi connectivity index (χ0v) is 14.9. The van der Waals surface area contributed by atoms with Crippen molar-refractivity contribution in [2.75, 3.05) is 0 Å². The number of rotatable bonds is 2. The van der Waals surface area contributed by atoms with Crippen molar-refractivity contribution in [3.05, 3.63) is 65.2 Å². The van der Waals surface area contributed by atoms with Crippen LogP contribution in [0.4, 0.5) is 0 Å². The van der Waals surface area contributed by atoms with Gasteiger partial charge in [0.2, 0.25) is 0 Å². The molecule has 0 unspecified atom stereocenters. The summed E-state index contributed by atoms with van der Waals surface area (Å²) in [6.45, 7) is 12.9. The lowest BCUT2D eigenvalue weighted by atomic mass is 9.78. The van der Waals surface area contributed by atoms with Gasteiger partial charge in [-0.3, -0.25) is 0 Å². The molecule has 0 aromatic heterocycles. The standard InChI is InChI=1S/C21H26O2/c1-20(2,3)15-12-13-17(18(14-15)21(4,5)6)19(22)23-16-10-8-7-9-11-16/h7-14H,1-6H3. The quantitative estimate of drug-likeness (QED) is 0.540. The van der Waals surface area contributed by atoms with Crippen LogP contribution in [-0.2, 0) is 10.8 Å². The third-order valence-electron chi connectivity index (χ3n) is 3.87. The van der Waals surface area contributed by atoms with Crippen molar-refractivity contribution >= 4 is 5.97 Å². The third-order valence-corrected chi connectivity index (χ3v) is 3.87. The van der Waals surface area contributed by atoms with Crippen LogP contribution in [0.2, 0.25) is 0 Å². The van der Waals surface area contributed by atoms with Gasteiger partial charge in [-0.25, -0.2) is 4.79 Å². The Balaban J connectivity index is 2.43. The van der Waals surface area contributed by atoms with Gasteiger partial charge in [0.05, 0.1) is 5.56 Å². The number of carbonyl (C=O) groups is 1. The molecule has 2 heteroatoms. The second-order valence-electron chi connectivity index (χ2n) is 7.96. The Hall–Kier alpha value is -2.09. The van der Waals surface area contributed by atoms with Crippen LogP contribution in [0.1, 0.15) is 63.0 Å². The average Bonchev–Trinajstić information content (AvgIpc) is 2.46. The molecule has 0 aliphatic heterocycles. The van der Waals surface area contributed by atoms with E-state index in [1.54, 1.807) is 12.1 Å². The highest BCUT2D eigenvalue weighted by Gasteiger charge is 2.25. The van der Waals surface area contributed by atoms with E-state index in [4.69, 9.17) is 4.74 Å². The molecule has 0 bridgehead atoms. The molecule has 0 radical (unpaired) electrons. The van der Waals surface area contributed by atoms with Crippen LogP contribution in [0, 0.1) is 0 Å². The van der Waals surface area contributed by atoms with Crippen molar-refractivity contribution in [1.29, 1.82) is 0 Å². The topological polar surface area (TPSA) is 26.3 Å². The highest BCUT2D eigenvalue weighted by atomic mass is 16.5. The van der Waals surface area contributed by atoms with Crippen LogP contribution in [0.5, 0.6) is 5.75 Å². The summed E-state index contributed by atoms with van der Waals surface area (Å²) in [5.74, 6) is 0.263. The summed E-state index contributed by atoms with van der Waals surface area (Å²) in [6, 6.07) is 15.3. The molecule has 0 spiro atoms. The minimum absolute atomic E-state index is 0.0435. The van der Waals surface area contributed by atoms with Crippen molar-refractivity contribution in [2.45, 2.75) is 52.4 Å². The molecule has 0 N–H and O–H groups in total. The van der Waals surface area contributed by atoms with Gasteiger partial charge < -0.3 is 4.74 Å². The fraction of sp³-hybridized carbons (Fsp3) is 0.381. The average molecular weight is 310 g/mol. The lowest BCUT2D eigenvalue weighted by Gasteiger charge is -2.26. The second-order valence-corrected chi connectivity index (χ2v) is 7.96. The Morgan fingerprint density at radius 2 is 1.43 bits per heavy atom.